The van der Waals surface area contributed by atoms with Crippen molar-refractivity contribution in [2.45, 2.75) is 27.7 Å². The summed E-state index contributed by atoms with van der Waals surface area (Å²) in [6.45, 7) is 7.40. The molecular formula is C20H21N9O2. The number of carbonyl (C=O) groups is 1. The fourth-order valence-electron chi connectivity index (χ4n) is 2.87. The van der Waals surface area contributed by atoms with Gasteiger partial charge in [0.25, 0.3) is 11.9 Å². The molecule has 0 saturated heterocycles. The Morgan fingerprint density at radius 1 is 1.13 bits per heavy atom. The number of ether oxygens (including phenoxy) is 1. The lowest BCUT2D eigenvalue weighted by Crippen LogP contribution is -2.21. The Labute approximate surface area is 178 Å². The lowest BCUT2D eigenvalue weighted by molar-refractivity contribution is -0.118. The number of hydrogen-bond acceptors (Lipinski definition) is 8. The molecule has 1 N–H and O–H groups in total. The van der Waals surface area contributed by atoms with E-state index in [0.29, 0.717) is 23.3 Å². The van der Waals surface area contributed by atoms with Gasteiger partial charge in [0.15, 0.2) is 12.4 Å². The molecule has 11 nitrogen and oxygen atoms in total. The second-order valence-electron chi connectivity index (χ2n) is 6.88. The quantitative estimate of drug-likeness (QED) is 0.502. The molecule has 0 spiro atoms. The smallest absolute Gasteiger partial charge is 0.262 e. The van der Waals surface area contributed by atoms with E-state index in [1.165, 1.54) is 12.4 Å². The second-order valence-corrected chi connectivity index (χ2v) is 6.88. The Morgan fingerprint density at radius 2 is 1.90 bits per heavy atom. The standard InChI is InChI=1S/C20H21N9O2/c1-12-13(2)27-29(14(12)3)20-21-9-16(10-22-20)26-18(30)11-31-19-8-17(24-15(4)25-19)28-7-5-6-23-28/h5-10H,11H2,1-4H3,(H,26,30). The monoisotopic (exact) mass is 419 g/mol. The van der Waals surface area contributed by atoms with E-state index in [-0.39, 0.29) is 18.4 Å². The predicted molar refractivity (Wildman–Crippen MR) is 111 cm³/mol. The molecule has 1 amide bonds. The number of amides is 1. The van der Waals surface area contributed by atoms with E-state index in [0.717, 1.165) is 17.0 Å². The van der Waals surface area contributed by atoms with E-state index in [1.54, 1.807) is 40.8 Å². The average molecular weight is 419 g/mol. The summed E-state index contributed by atoms with van der Waals surface area (Å²) in [6, 6.07) is 3.40. The topological polar surface area (TPSA) is 126 Å². The molecule has 4 heterocycles. The molecule has 0 unspecified atom stereocenters. The Balaban J connectivity index is 1.39. The van der Waals surface area contributed by atoms with Gasteiger partial charge >= 0.3 is 0 Å². The van der Waals surface area contributed by atoms with Crippen molar-refractivity contribution < 1.29 is 9.53 Å². The molecule has 0 saturated carbocycles. The zero-order chi connectivity index (χ0) is 22.0. The maximum Gasteiger partial charge on any atom is 0.262 e. The molecule has 0 bridgehead atoms. The van der Waals surface area contributed by atoms with Gasteiger partial charge in [-0.1, -0.05) is 0 Å². The fraction of sp³-hybridized carbons (Fsp3) is 0.250. The van der Waals surface area contributed by atoms with Crippen LogP contribution in [-0.2, 0) is 4.79 Å². The molecule has 0 aliphatic heterocycles. The highest BCUT2D eigenvalue weighted by Gasteiger charge is 2.12. The van der Waals surface area contributed by atoms with E-state index in [4.69, 9.17) is 4.74 Å². The maximum atomic E-state index is 12.3. The second kappa shape index (κ2) is 8.30. The van der Waals surface area contributed by atoms with Crippen LogP contribution in [0.5, 0.6) is 5.88 Å². The van der Waals surface area contributed by atoms with Crippen LogP contribution in [0.3, 0.4) is 0 Å². The van der Waals surface area contributed by atoms with Gasteiger partial charge in [0.1, 0.15) is 5.82 Å². The Kier molecular flexibility index (Phi) is 5.39. The summed E-state index contributed by atoms with van der Waals surface area (Å²) in [5.74, 6) is 1.41. The summed E-state index contributed by atoms with van der Waals surface area (Å²) < 4.78 is 8.79. The first kappa shape index (κ1) is 20.1. The molecule has 0 aliphatic carbocycles. The highest BCUT2D eigenvalue weighted by Crippen LogP contribution is 2.15. The van der Waals surface area contributed by atoms with Gasteiger partial charge in [-0.3, -0.25) is 4.79 Å². The van der Waals surface area contributed by atoms with Crippen molar-refractivity contribution in [2.24, 2.45) is 0 Å². The molecule has 0 fully saturated rings. The number of rotatable bonds is 6. The van der Waals surface area contributed by atoms with Gasteiger partial charge in [0, 0.05) is 24.2 Å². The third-order valence-electron chi connectivity index (χ3n) is 4.66. The van der Waals surface area contributed by atoms with Gasteiger partial charge in [-0.25, -0.2) is 24.3 Å². The van der Waals surface area contributed by atoms with Crippen LogP contribution in [0.25, 0.3) is 11.8 Å². The zero-order valence-corrected chi connectivity index (χ0v) is 17.6. The van der Waals surface area contributed by atoms with E-state index in [9.17, 15) is 4.79 Å². The Morgan fingerprint density at radius 3 is 2.55 bits per heavy atom. The van der Waals surface area contributed by atoms with E-state index in [2.05, 4.69) is 35.5 Å². The summed E-state index contributed by atoms with van der Waals surface area (Å²) in [6.07, 6.45) is 6.46. The normalized spacial score (nSPS) is 10.8. The molecular weight excluding hydrogens is 398 g/mol. The van der Waals surface area contributed by atoms with Crippen molar-refractivity contribution in [2.75, 3.05) is 11.9 Å². The van der Waals surface area contributed by atoms with Gasteiger partial charge in [0.2, 0.25) is 5.88 Å². The van der Waals surface area contributed by atoms with Crippen LogP contribution in [0.4, 0.5) is 5.69 Å². The van der Waals surface area contributed by atoms with Gasteiger partial charge in [0.05, 0.1) is 23.8 Å². The lowest BCUT2D eigenvalue weighted by Gasteiger charge is -2.09. The molecule has 0 aliphatic rings. The van der Waals surface area contributed by atoms with E-state index in [1.807, 2.05) is 20.8 Å². The van der Waals surface area contributed by atoms with Gasteiger partial charge in [-0.15, -0.1) is 0 Å². The van der Waals surface area contributed by atoms with Crippen molar-refractivity contribution in [3.63, 3.8) is 0 Å². The molecule has 4 rings (SSSR count). The zero-order valence-electron chi connectivity index (χ0n) is 17.6. The number of aryl methyl sites for hydroxylation is 2. The van der Waals surface area contributed by atoms with Crippen LogP contribution in [0.1, 0.15) is 22.8 Å². The number of carbonyl (C=O) groups excluding carboxylic acids is 1. The van der Waals surface area contributed by atoms with E-state index >= 15 is 0 Å². The van der Waals surface area contributed by atoms with Crippen LogP contribution in [0.2, 0.25) is 0 Å². The maximum absolute atomic E-state index is 12.3. The first-order valence-electron chi connectivity index (χ1n) is 9.54. The van der Waals surface area contributed by atoms with E-state index < -0.39 is 0 Å². The third kappa shape index (κ3) is 4.39. The van der Waals surface area contributed by atoms with Crippen LogP contribution < -0.4 is 10.1 Å². The summed E-state index contributed by atoms with van der Waals surface area (Å²) in [7, 11) is 0. The molecule has 31 heavy (non-hydrogen) atoms. The van der Waals surface area contributed by atoms with Crippen LogP contribution >= 0.6 is 0 Å². The van der Waals surface area contributed by atoms with Crippen molar-refractivity contribution in [3.05, 3.63) is 59.7 Å². The molecule has 0 radical (unpaired) electrons. The number of aromatic nitrogens is 8. The average Bonchev–Trinajstić information content (AvgIpc) is 3.38. The highest BCUT2D eigenvalue weighted by molar-refractivity contribution is 5.91. The van der Waals surface area contributed by atoms with Crippen molar-refractivity contribution in [1.29, 1.82) is 0 Å². The van der Waals surface area contributed by atoms with Crippen LogP contribution in [0.15, 0.2) is 36.9 Å². The number of nitrogens with zero attached hydrogens (tertiary/aromatic N) is 8. The van der Waals surface area contributed by atoms with Gasteiger partial charge in [-0.2, -0.15) is 15.2 Å². The first-order valence-corrected chi connectivity index (χ1v) is 9.54. The highest BCUT2D eigenvalue weighted by atomic mass is 16.5. The molecule has 4 aromatic heterocycles. The third-order valence-corrected chi connectivity index (χ3v) is 4.66. The summed E-state index contributed by atoms with van der Waals surface area (Å²) in [5, 5.41) is 11.3. The van der Waals surface area contributed by atoms with Gasteiger partial charge < -0.3 is 10.1 Å². The number of nitrogens with one attached hydrogen (secondary N) is 1. The molecule has 0 atom stereocenters. The van der Waals surface area contributed by atoms with Crippen molar-refractivity contribution in [1.82, 2.24) is 39.5 Å². The van der Waals surface area contributed by atoms with Crippen LogP contribution in [0, 0.1) is 27.7 Å². The Hall–Kier alpha value is -4.15. The molecule has 0 aromatic carbocycles. The fourth-order valence-corrected chi connectivity index (χ4v) is 2.87. The largest absolute Gasteiger partial charge is 0.467 e. The van der Waals surface area contributed by atoms with Gasteiger partial charge in [-0.05, 0) is 39.3 Å². The van der Waals surface area contributed by atoms with Crippen molar-refractivity contribution >= 4 is 11.6 Å². The van der Waals surface area contributed by atoms with Crippen molar-refractivity contribution in [3.8, 4) is 17.6 Å². The minimum atomic E-state index is -0.366. The number of hydrogen-bond donors (Lipinski definition) is 1. The van der Waals surface area contributed by atoms with Crippen LogP contribution in [-0.4, -0.2) is 52.0 Å². The molecule has 11 heteroatoms. The molecule has 4 aromatic rings. The first-order chi connectivity index (χ1) is 14.9. The Bertz CT molecular complexity index is 1210. The summed E-state index contributed by atoms with van der Waals surface area (Å²) >= 11 is 0. The number of anilines is 1. The minimum absolute atomic E-state index is 0.229. The molecule has 158 valence electrons. The summed E-state index contributed by atoms with van der Waals surface area (Å²) in [5.41, 5.74) is 3.43. The minimum Gasteiger partial charge on any atom is -0.467 e. The predicted octanol–water partition coefficient (Wildman–Crippen LogP) is 1.89. The summed E-state index contributed by atoms with van der Waals surface area (Å²) in [4.78, 5) is 29.4. The SMILES string of the molecule is Cc1nc(OCC(=O)Nc2cnc(-n3nc(C)c(C)c3C)nc2)cc(-n2cccn2)n1. The lowest BCUT2D eigenvalue weighted by atomic mass is 10.2.